The van der Waals surface area contributed by atoms with Crippen molar-refractivity contribution in [3.8, 4) is 0 Å². The third-order valence-corrected chi connectivity index (χ3v) is 6.37. The second-order valence-corrected chi connectivity index (χ2v) is 8.83. The van der Waals surface area contributed by atoms with Crippen molar-refractivity contribution in [2.75, 3.05) is 16.8 Å². The van der Waals surface area contributed by atoms with Crippen molar-refractivity contribution in [3.05, 3.63) is 94.0 Å². The van der Waals surface area contributed by atoms with Crippen molar-refractivity contribution in [1.29, 1.82) is 0 Å². The first-order chi connectivity index (χ1) is 15.4. The predicted molar refractivity (Wildman–Crippen MR) is 125 cm³/mol. The first kappa shape index (κ1) is 21.6. The SMILES string of the molecule is CC(Sc1ccc([N+](=O)[O-])cc1)C(=O)Nc1ccc(C(=O)N2CCc3ccccc32)cc1. The Morgan fingerprint density at radius 1 is 1.03 bits per heavy atom. The fourth-order valence-corrected chi connectivity index (χ4v) is 4.42. The number of benzene rings is 3. The Morgan fingerprint density at radius 2 is 1.72 bits per heavy atom. The van der Waals surface area contributed by atoms with Crippen LogP contribution < -0.4 is 10.2 Å². The third-order valence-electron chi connectivity index (χ3n) is 5.26. The lowest BCUT2D eigenvalue weighted by atomic mass is 10.1. The summed E-state index contributed by atoms with van der Waals surface area (Å²) in [6.45, 7) is 2.43. The number of thioether (sulfide) groups is 1. The number of hydrogen-bond acceptors (Lipinski definition) is 5. The summed E-state index contributed by atoms with van der Waals surface area (Å²) in [7, 11) is 0. The van der Waals surface area contributed by atoms with Crippen LogP contribution in [0.15, 0.2) is 77.7 Å². The van der Waals surface area contributed by atoms with Crippen LogP contribution in [0.5, 0.6) is 0 Å². The fourth-order valence-electron chi connectivity index (χ4n) is 3.55. The summed E-state index contributed by atoms with van der Waals surface area (Å²) in [5.41, 5.74) is 3.30. The first-order valence-electron chi connectivity index (χ1n) is 10.1. The molecule has 3 aromatic rings. The van der Waals surface area contributed by atoms with E-state index in [1.54, 1.807) is 48.2 Å². The van der Waals surface area contributed by atoms with Gasteiger partial charge in [-0.25, -0.2) is 0 Å². The van der Waals surface area contributed by atoms with Crippen LogP contribution in [-0.4, -0.2) is 28.5 Å². The van der Waals surface area contributed by atoms with Gasteiger partial charge in [-0.1, -0.05) is 18.2 Å². The number of rotatable bonds is 6. The molecule has 0 aliphatic carbocycles. The number of amides is 2. The summed E-state index contributed by atoms with van der Waals surface area (Å²) in [6.07, 6.45) is 0.848. The molecule has 0 fully saturated rings. The molecule has 7 nitrogen and oxygen atoms in total. The zero-order chi connectivity index (χ0) is 22.7. The maximum Gasteiger partial charge on any atom is 0.269 e. The highest BCUT2D eigenvalue weighted by Crippen LogP contribution is 2.29. The lowest BCUT2D eigenvalue weighted by Crippen LogP contribution is -2.28. The number of carbonyl (C=O) groups is 2. The Bertz CT molecular complexity index is 1160. The van der Waals surface area contributed by atoms with Gasteiger partial charge in [-0.15, -0.1) is 11.8 Å². The topological polar surface area (TPSA) is 92.5 Å². The number of nitrogens with one attached hydrogen (secondary N) is 1. The van der Waals surface area contributed by atoms with Gasteiger partial charge < -0.3 is 10.2 Å². The molecule has 162 valence electrons. The van der Waals surface area contributed by atoms with Crippen LogP contribution >= 0.6 is 11.8 Å². The van der Waals surface area contributed by atoms with Crippen LogP contribution in [0, 0.1) is 10.1 Å². The summed E-state index contributed by atoms with van der Waals surface area (Å²) < 4.78 is 0. The second kappa shape index (κ2) is 9.23. The van der Waals surface area contributed by atoms with E-state index in [1.165, 1.54) is 29.5 Å². The second-order valence-electron chi connectivity index (χ2n) is 7.41. The number of nitrogens with zero attached hydrogens (tertiary/aromatic N) is 2. The Morgan fingerprint density at radius 3 is 2.41 bits per heavy atom. The summed E-state index contributed by atoms with van der Waals surface area (Å²) >= 11 is 1.31. The number of carbonyl (C=O) groups excluding carboxylic acids is 2. The zero-order valence-electron chi connectivity index (χ0n) is 17.4. The van der Waals surface area contributed by atoms with Crippen molar-refractivity contribution >= 4 is 40.6 Å². The van der Waals surface area contributed by atoms with Crippen molar-refractivity contribution in [3.63, 3.8) is 0 Å². The molecule has 1 atom stereocenters. The smallest absolute Gasteiger partial charge is 0.269 e. The van der Waals surface area contributed by atoms with Crippen LogP contribution in [0.2, 0.25) is 0 Å². The molecule has 0 saturated heterocycles. The van der Waals surface area contributed by atoms with E-state index in [0.29, 0.717) is 17.8 Å². The highest BCUT2D eigenvalue weighted by atomic mass is 32.2. The van der Waals surface area contributed by atoms with E-state index in [4.69, 9.17) is 0 Å². The van der Waals surface area contributed by atoms with Crippen molar-refractivity contribution < 1.29 is 14.5 Å². The largest absolute Gasteiger partial charge is 0.325 e. The molecular weight excluding hydrogens is 426 g/mol. The molecule has 0 saturated carbocycles. The molecule has 0 spiro atoms. The molecule has 8 heteroatoms. The van der Waals surface area contributed by atoms with E-state index in [9.17, 15) is 19.7 Å². The average Bonchev–Trinajstić information content (AvgIpc) is 3.23. The average molecular weight is 448 g/mol. The fraction of sp³-hybridized carbons (Fsp3) is 0.167. The number of nitro benzene ring substituents is 1. The molecule has 1 aliphatic heterocycles. The highest BCUT2D eigenvalue weighted by molar-refractivity contribution is 8.00. The zero-order valence-corrected chi connectivity index (χ0v) is 18.2. The summed E-state index contributed by atoms with van der Waals surface area (Å²) in [5, 5.41) is 13.2. The molecule has 32 heavy (non-hydrogen) atoms. The minimum Gasteiger partial charge on any atom is -0.325 e. The van der Waals surface area contributed by atoms with Gasteiger partial charge in [0.15, 0.2) is 0 Å². The number of para-hydroxylation sites is 1. The van der Waals surface area contributed by atoms with Crippen molar-refractivity contribution in [2.24, 2.45) is 0 Å². The van der Waals surface area contributed by atoms with Gasteiger partial charge in [0.25, 0.3) is 11.6 Å². The van der Waals surface area contributed by atoms with Gasteiger partial charge in [0.2, 0.25) is 5.91 Å². The van der Waals surface area contributed by atoms with Crippen molar-refractivity contribution in [1.82, 2.24) is 0 Å². The number of anilines is 2. The van der Waals surface area contributed by atoms with Gasteiger partial charge in [0.05, 0.1) is 10.2 Å². The van der Waals surface area contributed by atoms with Gasteiger partial charge in [0, 0.05) is 40.5 Å². The summed E-state index contributed by atoms with van der Waals surface area (Å²) in [4.78, 5) is 38.3. The predicted octanol–water partition coefficient (Wildman–Crippen LogP) is 4.92. The van der Waals surface area contributed by atoms with E-state index >= 15 is 0 Å². The van der Waals surface area contributed by atoms with E-state index in [-0.39, 0.29) is 17.5 Å². The Labute approximate surface area is 189 Å². The van der Waals surface area contributed by atoms with Crippen LogP contribution in [0.3, 0.4) is 0 Å². The molecule has 1 aliphatic rings. The molecule has 1 N–H and O–H groups in total. The van der Waals surface area contributed by atoms with Gasteiger partial charge in [-0.3, -0.25) is 19.7 Å². The maximum absolute atomic E-state index is 12.9. The minimum absolute atomic E-state index is 0.0125. The molecule has 3 aromatic carbocycles. The quantitative estimate of drug-likeness (QED) is 0.329. The molecule has 2 amide bonds. The van der Waals surface area contributed by atoms with E-state index in [2.05, 4.69) is 5.32 Å². The summed E-state index contributed by atoms with van der Waals surface area (Å²) in [5.74, 6) is -0.254. The monoisotopic (exact) mass is 447 g/mol. The Balaban J connectivity index is 1.36. The van der Waals surface area contributed by atoms with E-state index in [1.807, 2.05) is 24.3 Å². The molecule has 1 unspecified atom stereocenters. The van der Waals surface area contributed by atoms with Gasteiger partial charge in [0.1, 0.15) is 0 Å². The Kier molecular flexibility index (Phi) is 6.23. The standard InChI is InChI=1S/C24H21N3O4S/c1-16(32-21-12-10-20(11-13-21)27(30)31)23(28)25-19-8-6-18(7-9-19)24(29)26-15-14-17-4-2-3-5-22(17)26/h2-13,16H,14-15H2,1H3,(H,25,28). The molecule has 1 heterocycles. The summed E-state index contributed by atoms with van der Waals surface area (Å²) in [6, 6.07) is 20.9. The Hall–Kier alpha value is -3.65. The van der Waals surface area contributed by atoms with Crippen molar-refractivity contribution in [2.45, 2.75) is 23.5 Å². The van der Waals surface area contributed by atoms with Gasteiger partial charge >= 0.3 is 0 Å². The van der Waals surface area contributed by atoms with Gasteiger partial charge in [-0.2, -0.15) is 0 Å². The maximum atomic E-state index is 12.9. The normalized spacial score (nSPS) is 13.3. The molecule has 0 bridgehead atoms. The molecular formula is C24H21N3O4S. The van der Waals surface area contributed by atoms with Crippen LogP contribution in [0.4, 0.5) is 17.1 Å². The van der Waals surface area contributed by atoms with E-state index < -0.39 is 10.2 Å². The number of hydrogen-bond donors (Lipinski definition) is 1. The van der Waals surface area contributed by atoms with Crippen LogP contribution in [-0.2, 0) is 11.2 Å². The lowest BCUT2D eigenvalue weighted by Gasteiger charge is -2.17. The first-order valence-corrected chi connectivity index (χ1v) is 11.0. The van der Waals surface area contributed by atoms with Crippen LogP contribution in [0.25, 0.3) is 0 Å². The molecule has 0 radical (unpaired) electrons. The van der Waals surface area contributed by atoms with E-state index in [0.717, 1.165) is 17.0 Å². The number of non-ortho nitro benzene ring substituents is 1. The van der Waals surface area contributed by atoms with Crippen LogP contribution in [0.1, 0.15) is 22.8 Å². The number of nitro groups is 1. The third kappa shape index (κ3) is 4.65. The molecule has 0 aromatic heterocycles. The lowest BCUT2D eigenvalue weighted by molar-refractivity contribution is -0.384. The highest BCUT2D eigenvalue weighted by Gasteiger charge is 2.25. The number of fused-ring (bicyclic) bond motifs is 1. The van der Waals surface area contributed by atoms with Gasteiger partial charge in [-0.05, 0) is 61.4 Å². The minimum atomic E-state index is -0.457. The molecule has 4 rings (SSSR count).